The van der Waals surface area contributed by atoms with Crippen molar-refractivity contribution in [2.75, 3.05) is 11.1 Å². The van der Waals surface area contributed by atoms with Gasteiger partial charge in [0.1, 0.15) is 0 Å². The zero-order valence-corrected chi connectivity index (χ0v) is 16.5. The van der Waals surface area contributed by atoms with Crippen LogP contribution in [0.5, 0.6) is 0 Å². The SMILES string of the molecule is CCc1cccc(NC(=O)CSc2nc3ccccc3c(=O)n2C(C)C)c1. The number of nitrogens with one attached hydrogen (secondary N) is 1. The van der Waals surface area contributed by atoms with E-state index in [0.717, 1.165) is 12.1 Å². The normalized spacial score (nSPS) is 11.1. The Morgan fingerprint density at radius 2 is 1.96 bits per heavy atom. The Labute approximate surface area is 162 Å². The summed E-state index contributed by atoms with van der Waals surface area (Å²) in [5, 5.41) is 4.07. The van der Waals surface area contributed by atoms with Crippen molar-refractivity contribution in [3.8, 4) is 0 Å². The minimum atomic E-state index is -0.119. The number of benzene rings is 2. The van der Waals surface area contributed by atoms with E-state index in [1.807, 2.05) is 56.3 Å². The van der Waals surface area contributed by atoms with Crippen LogP contribution in [0.4, 0.5) is 5.69 Å². The van der Waals surface area contributed by atoms with Gasteiger partial charge >= 0.3 is 0 Å². The number of fused-ring (bicyclic) bond motifs is 1. The van der Waals surface area contributed by atoms with Gasteiger partial charge in [-0.05, 0) is 50.1 Å². The number of aromatic nitrogens is 2. The molecule has 140 valence electrons. The number of hydrogen-bond acceptors (Lipinski definition) is 4. The van der Waals surface area contributed by atoms with Crippen molar-refractivity contribution in [1.29, 1.82) is 0 Å². The standard InChI is InChI=1S/C21H23N3O2S/c1-4-15-8-7-9-16(12-15)22-19(25)13-27-21-23-18-11-6-5-10-17(18)20(26)24(21)14(2)3/h5-12,14H,4,13H2,1-3H3,(H,22,25). The first-order valence-corrected chi connectivity index (χ1v) is 10.0. The van der Waals surface area contributed by atoms with Gasteiger partial charge in [-0.25, -0.2) is 4.98 Å². The molecule has 1 N–H and O–H groups in total. The monoisotopic (exact) mass is 381 g/mol. The van der Waals surface area contributed by atoms with Crippen LogP contribution in [0, 0.1) is 0 Å². The predicted molar refractivity (Wildman–Crippen MR) is 112 cm³/mol. The molecule has 1 aromatic heterocycles. The number of nitrogens with zero attached hydrogens (tertiary/aromatic N) is 2. The highest BCUT2D eigenvalue weighted by molar-refractivity contribution is 7.99. The maximum atomic E-state index is 12.8. The lowest BCUT2D eigenvalue weighted by molar-refractivity contribution is -0.113. The Balaban J connectivity index is 1.80. The number of aryl methyl sites for hydroxylation is 1. The van der Waals surface area contributed by atoms with Gasteiger partial charge in [0.15, 0.2) is 5.16 Å². The molecule has 27 heavy (non-hydrogen) atoms. The molecule has 0 aliphatic carbocycles. The highest BCUT2D eigenvalue weighted by Gasteiger charge is 2.15. The van der Waals surface area contributed by atoms with Crippen molar-refractivity contribution in [2.45, 2.75) is 38.4 Å². The van der Waals surface area contributed by atoms with Crippen LogP contribution in [-0.4, -0.2) is 21.2 Å². The fraction of sp³-hybridized carbons (Fsp3) is 0.286. The van der Waals surface area contributed by atoms with Crippen LogP contribution in [0.3, 0.4) is 0 Å². The average molecular weight is 382 g/mol. The van der Waals surface area contributed by atoms with Crippen LogP contribution in [0.15, 0.2) is 58.5 Å². The largest absolute Gasteiger partial charge is 0.325 e. The van der Waals surface area contributed by atoms with Crippen molar-refractivity contribution < 1.29 is 4.79 Å². The topological polar surface area (TPSA) is 64.0 Å². The maximum absolute atomic E-state index is 12.8. The summed E-state index contributed by atoms with van der Waals surface area (Å²) < 4.78 is 1.65. The molecule has 1 amide bonds. The zero-order valence-electron chi connectivity index (χ0n) is 15.7. The minimum absolute atomic E-state index is 0.0404. The summed E-state index contributed by atoms with van der Waals surface area (Å²) in [6.07, 6.45) is 0.917. The zero-order chi connectivity index (χ0) is 19.4. The molecule has 0 aliphatic heterocycles. The first-order valence-electron chi connectivity index (χ1n) is 9.02. The number of para-hydroxylation sites is 1. The van der Waals surface area contributed by atoms with Crippen LogP contribution in [0.25, 0.3) is 10.9 Å². The molecule has 0 saturated heterocycles. The van der Waals surface area contributed by atoms with Gasteiger partial charge in [-0.3, -0.25) is 14.2 Å². The molecule has 0 atom stereocenters. The van der Waals surface area contributed by atoms with Gasteiger partial charge in [-0.15, -0.1) is 0 Å². The van der Waals surface area contributed by atoms with Crippen molar-refractivity contribution >= 4 is 34.3 Å². The average Bonchev–Trinajstić information content (AvgIpc) is 2.66. The molecular weight excluding hydrogens is 358 g/mol. The number of anilines is 1. The van der Waals surface area contributed by atoms with E-state index in [-0.39, 0.29) is 23.3 Å². The van der Waals surface area contributed by atoms with E-state index in [9.17, 15) is 9.59 Å². The molecule has 5 nitrogen and oxygen atoms in total. The summed E-state index contributed by atoms with van der Waals surface area (Å²) >= 11 is 1.28. The van der Waals surface area contributed by atoms with E-state index in [4.69, 9.17) is 0 Å². The molecule has 3 aromatic rings. The van der Waals surface area contributed by atoms with E-state index < -0.39 is 0 Å². The summed E-state index contributed by atoms with van der Waals surface area (Å²) in [6.45, 7) is 5.96. The van der Waals surface area contributed by atoms with Gasteiger partial charge in [0.2, 0.25) is 5.91 Å². The summed E-state index contributed by atoms with van der Waals surface area (Å²) in [5.74, 6) is 0.0689. The fourth-order valence-electron chi connectivity index (χ4n) is 2.88. The smallest absolute Gasteiger partial charge is 0.262 e. The van der Waals surface area contributed by atoms with Gasteiger partial charge in [0.05, 0.1) is 16.7 Å². The second-order valence-corrected chi connectivity index (χ2v) is 7.51. The number of rotatable bonds is 6. The lowest BCUT2D eigenvalue weighted by Gasteiger charge is -2.16. The van der Waals surface area contributed by atoms with Crippen LogP contribution >= 0.6 is 11.8 Å². The first-order chi connectivity index (χ1) is 13.0. The number of thioether (sulfide) groups is 1. The van der Waals surface area contributed by atoms with Crippen molar-refractivity contribution in [2.24, 2.45) is 0 Å². The molecule has 0 aliphatic rings. The van der Waals surface area contributed by atoms with Gasteiger partial charge < -0.3 is 5.32 Å². The quantitative estimate of drug-likeness (QED) is 0.512. The molecule has 3 rings (SSSR count). The highest BCUT2D eigenvalue weighted by Crippen LogP contribution is 2.21. The third kappa shape index (κ3) is 4.39. The van der Waals surface area contributed by atoms with Crippen molar-refractivity contribution in [3.05, 3.63) is 64.4 Å². The highest BCUT2D eigenvalue weighted by atomic mass is 32.2. The van der Waals surface area contributed by atoms with Crippen LogP contribution in [-0.2, 0) is 11.2 Å². The molecule has 0 spiro atoms. The molecule has 0 radical (unpaired) electrons. The lowest BCUT2D eigenvalue weighted by atomic mass is 10.1. The van der Waals surface area contributed by atoms with E-state index in [2.05, 4.69) is 17.2 Å². The molecule has 2 aromatic carbocycles. The summed E-state index contributed by atoms with van der Waals surface area (Å²) in [6, 6.07) is 15.1. The van der Waals surface area contributed by atoms with Crippen LogP contribution in [0.1, 0.15) is 32.4 Å². The third-order valence-electron chi connectivity index (χ3n) is 4.24. The Morgan fingerprint density at radius 1 is 1.19 bits per heavy atom. The van der Waals surface area contributed by atoms with Gasteiger partial charge in [0.25, 0.3) is 5.56 Å². The van der Waals surface area contributed by atoms with Gasteiger partial charge in [0, 0.05) is 11.7 Å². The number of carbonyl (C=O) groups excluding carboxylic acids is 1. The number of carbonyl (C=O) groups is 1. The molecule has 0 fully saturated rings. The molecule has 6 heteroatoms. The van der Waals surface area contributed by atoms with E-state index >= 15 is 0 Å². The van der Waals surface area contributed by atoms with E-state index in [1.165, 1.54) is 17.3 Å². The molecule has 1 heterocycles. The Hall–Kier alpha value is -2.60. The third-order valence-corrected chi connectivity index (χ3v) is 5.20. The Morgan fingerprint density at radius 3 is 2.70 bits per heavy atom. The molecule has 0 saturated carbocycles. The predicted octanol–water partition coefficient (Wildman–Crippen LogP) is 4.27. The van der Waals surface area contributed by atoms with Crippen molar-refractivity contribution in [1.82, 2.24) is 9.55 Å². The maximum Gasteiger partial charge on any atom is 0.262 e. The summed E-state index contributed by atoms with van der Waals surface area (Å²) in [7, 11) is 0. The van der Waals surface area contributed by atoms with Gasteiger partial charge in [-0.1, -0.05) is 43.0 Å². The summed E-state index contributed by atoms with van der Waals surface area (Å²) in [5.41, 5.74) is 2.53. The fourth-order valence-corrected chi connectivity index (χ4v) is 3.81. The molecule has 0 bridgehead atoms. The second kappa shape index (κ2) is 8.39. The summed E-state index contributed by atoms with van der Waals surface area (Å²) in [4.78, 5) is 29.8. The second-order valence-electron chi connectivity index (χ2n) is 6.57. The molecule has 0 unspecified atom stereocenters. The van der Waals surface area contributed by atoms with E-state index in [1.54, 1.807) is 10.6 Å². The number of hydrogen-bond donors (Lipinski definition) is 1. The Bertz CT molecular complexity index is 1030. The first kappa shape index (κ1) is 19.2. The van der Waals surface area contributed by atoms with Crippen molar-refractivity contribution in [3.63, 3.8) is 0 Å². The van der Waals surface area contributed by atoms with Crippen LogP contribution < -0.4 is 10.9 Å². The Kier molecular flexibility index (Phi) is 5.96. The molecular formula is C21H23N3O2S. The lowest BCUT2D eigenvalue weighted by Crippen LogP contribution is -2.25. The van der Waals surface area contributed by atoms with E-state index in [0.29, 0.717) is 16.1 Å². The number of amides is 1. The van der Waals surface area contributed by atoms with Crippen LogP contribution in [0.2, 0.25) is 0 Å². The van der Waals surface area contributed by atoms with Gasteiger partial charge in [-0.2, -0.15) is 0 Å². The minimum Gasteiger partial charge on any atom is -0.325 e.